The molecule has 1 heterocycles. The molecule has 0 saturated carbocycles. The Kier molecular flexibility index (Phi) is 4.36. The van der Waals surface area contributed by atoms with Crippen LogP contribution in [0.1, 0.15) is 31.4 Å². The maximum Gasteiger partial charge on any atom is 0.164 e. The van der Waals surface area contributed by atoms with Crippen LogP contribution in [0.25, 0.3) is 0 Å². The highest BCUT2D eigenvalue weighted by atomic mass is 35.5. The van der Waals surface area contributed by atoms with Crippen molar-refractivity contribution in [3.8, 4) is 11.5 Å². The molecule has 1 aromatic rings. The van der Waals surface area contributed by atoms with Crippen molar-refractivity contribution >= 4 is 11.6 Å². The zero-order valence-electron chi connectivity index (χ0n) is 11.0. The van der Waals surface area contributed by atoms with Gasteiger partial charge in [0.15, 0.2) is 11.5 Å². The Hall–Kier alpha value is -0.930. The molecule has 0 aliphatic carbocycles. The molecular weight excluding hydrogens is 250 g/mol. The molecule has 3 nitrogen and oxygen atoms in total. The molecule has 0 aromatic heterocycles. The van der Waals surface area contributed by atoms with Gasteiger partial charge >= 0.3 is 0 Å². The van der Waals surface area contributed by atoms with E-state index in [4.69, 9.17) is 26.8 Å². The van der Waals surface area contributed by atoms with Crippen LogP contribution in [-0.2, 0) is 12.8 Å². The van der Waals surface area contributed by atoms with Crippen molar-refractivity contribution in [3.63, 3.8) is 0 Å². The van der Waals surface area contributed by atoms with Gasteiger partial charge in [-0.25, -0.2) is 0 Å². The molecule has 1 atom stereocenters. The first kappa shape index (κ1) is 13.5. The summed E-state index contributed by atoms with van der Waals surface area (Å²) >= 11 is 6.35. The van der Waals surface area contributed by atoms with Crippen LogP contribution in [0.5, 0.6) is 11.5 Å². The number of fused-ring (bicyclic) bond motifs is 1. The van der Waals surface area contributed by atoms with Crippen molar-refractivity contribution in [1.82, 2.24) is 0 Å². The molecule has 0 amide bonds. The van der Waals surface area contributed by atoms with Gasteiger partial charge in [0.1, 0.15) is 0 Å². The molecule has 0 spiro atoms. The number of hydrogen-bond donors (Lipinski definition) is 1. The second-order valence-electron chi connectivity index (χ2n) is 4.73. The Morgan fingerprint density at radius 2 is 2.06 bits per heavy atom. The van der Waals surface area contributed by atoms with Gasteiger partial charge in [0.2, 0.25) is 0 Å². The molecule has 1 unspecified atom stereocenters. The van der Waals surface area contributed by atoms with Gasteiger partial charge in [-0.1, -0.05) is 18.5 Å². The molecule has 4 heteroatoms. The molecule has 1 aliphatic heterocycles. The third-order valence-corrected chi connectivity index (χ3v) is 3.42. The first-order chi connectivity index (χ1) is 8.63. The molecular formula is C14H20ClNO2. The van der Waals surface area contributed by atoms with Gasteiger partial charge in [-0.05, 0) is 25.3 Å². The van der Waals surface area contributed by atoms with E-state index in [0.29, 0.717) is 13.2 Å². The van der Waals surface area contributed by atoms with Crippen molar-refractivity contribution in [3.05, 3.63) is 22.2 Å². The topological polar surface area (TPSA) is 44.5 Å². The summed E-state index contributed by atoms with van der Waals surface area (Å²) in [6.45, 7) is 5.46. The SMILES string of the molecule is CCc1c(CC(C)N)c(Cl)cc2c1OCCCO2. The van der Waals surface area contributed by atoms with Gasteiger partial charge in [-0.15, -0.1) is 0 Å². The van der Waals surface area contributed by atoms with E-state index >= 15 is 0 Å². The number of ether oxygens (including phenoxy) is 2. The Labute approximate surface area is 113 Å². The lowest BCUT2D eigenvalue weighted by Crippen LogP contribution is -2.19. The van der Waals surface area contributed by atoms with Crippen molar-refractivity contribution in [2.24, 2.45) is 5.73 Å². The summed E-state index contributed by atoms with van der Waals surface area (Å²) in [6.07, 6.45) is 2.53. The smallest absolute Gasteiger partial charge is 0.164 e. The Bertz CT molecular complexity index is 432. The van der Waals surface area contributed by atoms with E-state index in [2.05, 4.69) is 6.92 Å². The van der Waals surface area contributed by atoms with Gasteiger partial charge < -0.3 is 15.2 Å². The van der Waals surface area contributed by atoms with Crippen LogP contribution in [0.4, 0.5) is 0 Å². The second-order valence-corrected chi connectivity index (χ2v) is 5.14. The fraction of sp³-hybridized carbons (Fsp3) is 0.571. The van der Waals surface area contributed by atoms with Gasteiger partial charge in [-0.3, -0.25) is 0 Å². The number of halogens is 1. The molecule has 0 fully saturated rings. The fourth-order valence-corrected chi connectivity index (χ4v) is 2.59. The van der Waals surface area contributed by atoms with Crippen LogP contribution >= 0.6 is 11.6 Å². The standard InChI is InChI=1S/C14H20ClNO2/c1-3-10-11(7-9(2)16)12(15)8-13-14(10)18-6-4-5-17-13/h8-9H,3-7,16H2,1-2H3. The van der Waals surface area contributed by atoms with Gasteiger partial charge in [0, 0.05) is 29.1 Å². The molecule has 2 rings (SSSR count). The van der Waals surface area contributed by atoms with Crippen LogP contribution < -0.4 is 15.2 Å². The molecule has 0 bridgehead atoms. The average molecular weight is 270 g/mol. The second kappa shape index (κ2) is 5.81. The van der Waals surface area contributed by atoms with E-state index in [1.165, 1.54) is 0 Å². The summed E-state index contributed by atoms with van der Waals surface area (Å²) in [4.78, 5) is 0. The molecule has 1 aromatic carbocycles. The summed E-state index contributed by atoms with van der Waals surface area (Å²) in [6, 6.07) is 1.94. The molecule has 0 radical (unpaired) electrons. The third kappa shape index (κ3) is 2.73. The van der Waals surface area contributed by atoms with Crippen LogP contribution in [-0.4, -0.2) is 19.3 Å². The van der Waals surface area contributed by atoms with Gasteiger partial charge in [-0.2, -0.15) is 0 Å². The highest BCUT2D eigenvalue weighted by Crippen LogP contribution is 2.40. The lowest BCUT2D eigenvalue weighted by Gasteiger charge is -2.18. The Balaban J connectivity index is 2.50. The van der Waals surface area contributed by atoms with Crippen LogP contribution in [0.15, 0.2) is 6.07 Å². The molecule has 100 valence electrons. The van der Waals surface area contributed by atoms with E-state index in [1.54, 1.807) is 0 Å². The first-order valence-corrected chi connectivity index (χ1v) is 6.86. The third-order valence-electron chi connectivity index (χ3n) is 3.08. The highest BCUT2D eigenvalue weighted by Gasteiger charge is 2.20. The monoisotopic (exact) mass is 269 g/mol. The van der Waals surface area contributed by atoms with Crippen molar-refractivity contribution in [2.75, 3.05) is 13.2 Å². The van der Waals surface area contributed by atoms with Crippen molar-refractivity contribution in [2.45, 2.75) is 39.2 Å². The fourth-order valence-electron chi connectivity index (χ4n) is 2.30. The summed E-state index contributed by atoms with van der Waals surface area (Å²) < 4.78 is 11.5. The number of nitrogens with two attached hydrogens (primary N) is 1. The average Bonchev–Trinajstić information content (AvgIpc) is 2.54. The minimum absolute atomic E-state index is 0.0811. The maximum atomic E-state index is 6.35. The highest BCUT2D eigenvalue weighted by molar-refractivity contribution is 6.31. The largest absolute Gasteiger partial charge is 0.489 e. The normalized spacial score (nSPS) is 16.2. The Morgan fingerprint density at radius 3 is 2.72 bits per heavy atom. The molecule has 2 N–H and O–H groups in total. The quantitative estimate of drug-likeness (QED) is 0.918. The summed E-state index contributed by atoms with van der Waals surface area (Å²) in [5.74, 6) is 1.62. The number of hydrogen-bond acceptors (Lipinski definition) is 3. The van der Waals surface area contributed by atoms with E-state index < -0.39 is 0 Å². The zero-order valence-corrected chi connectivity index (χ0v) is 11.7. The summed E-state index contributed by atoms with van der Waals surface area (Å²) in [5.41, 5.74) is 8.12. The van der Waals surface area contributed by atoms with Gasteiger partial charge in [0.05, 0.1) is 13.2 Å². The molecule has 0 saturated heterocycles. The van der Waals surface area contributed by atoms with Crippen molar-refractivity contribution < 1.29 is 9.47 Å². The predicted octanol–water partition coefficient (Wildman–Crippen LogP) is 2.95. The van der Waals surface area contributed by atoms with Gasteiger partial charge in [0.25, 0.3) is 0 Å². The summed E-state index contributed by atoms with van der Waals surface area (Å²) in [7, 11) is 0. The van der Waals surface area contributed by atoms with E-state index in [9.17, 15) is 0 Å². The Morgan fingerprint density at radius 1 is 1.33 bits per heavy atom. The lowest BCUT2D eigenvalue weighted by atomic mass is 9.98. The van der Waals surface area contributed by atoms with E-state index in [1.807, 2.05) is 13.0 Å². The van der Waals surface area contributed by atoms with Crippen molar-refractivity contribution in [1.29, 1.82) is 0 Å². The first-order valence-electron chi connectivity index (χ1n) is 6.49. The van der Waals surface area contributed by atoms with Crippen LogP contribution in [0.2, 0.25) is 5.02 Å². The predicted molar refractivity (Wildman–Crippen MR) is 73.8 cm³/mol. The van der Waals surface area contributed by atoms with Crippen LogP contribution in [0, 0.1) is 0 Å². The van der Waals surface area contributed by atoms with Crippen LogP contribution in [0.3, 0.4) is 0 Å². The van der Waals surface area contributed by atoms with E-state index in [-0.39, 0.29) is 6.04 Å². The van der Waals surface area contributed by atoms with E-state index in [0.717, 1.165) is 46.9 Å². The maximum absolute atomic E-state index is 6.35. The minimum atomic E-state index is 0.0811. The number of rotatable bonds is 3. The summed E-state index contributed by atoms with van der Waals surface area (Å²) in [5, 5.41) is 0.730. The zero-order chi connectivity index (χ0) is 13.1. The minimum Gasteiger partial charge on any atom is -0.489 e. The molecule has 18 heavy (non-hydrogen) atoms. The molecule has 1 aliphatic rings. The number of benzene rings is 1. The lowest BCUT2D eigenvalue weighted by molar-refractivity contribution is 0.296.